The fourth-order valence-corrected chi connectivity index (χ4v) is 2.58. The maximum atomic E-state index is 12.2. The predicted molar refractivity (Wildman–Crippen MR) is 55.5 cm³/mol. The third-order valence-electron chi connectivity index (χ3n) is 3.59. The van der Waals surface area contributed by atoms with Crippen LogP contribution in [0.3, 0.4) is 0 Å². The molecule has 2 aliphatic rings. The molecule has 0 radical (unpaired) electrons. The van der Waals surface area contributed by atoms with Gasteiger partial charge in [0.1, 0.15) is 6.67 Å². The van der Waals surface area contributed by atoms with Crippen molar-refractivity contribution < 1.29 is 13.9 Å². The molecule has 1 spiro atoms. The number of rotatable bonds is 3. The molecule has 0 aromatic carbocycles. The molecule has 1 aliphatic carbocycles. The van der Waals surface area contributed by atoms with Crippen molar-refractivity contribution in [2.24, 2.45) is 0 Å². The average Bonchev–Trinajstić information content (AvgIpc) is 2.68. The van der Waals surface area contributed by atoms with Crippen LogP contribution < -0.4 is 0 Å². The quantitative estimate of drug-likeness (QED) is 0.716. The minimum Gasteiger partial charge on any atom is -0.348 e. The normalized spacial score (nSPS) is 26.6. The maximum Gasteiger partial charge on any atom is 0.168 e. The second kappa shape index (κ2) is 4.76. The lowest BCUT2D eigenvalue weighted by molar-refractivity contribution is -0.183. The summed E-state index contributed by atoms with van der Waals surface area (Å²) in [6.07, 6.45) is 4.01. The van der Waals surface area contributed by atoms with E-state index in [4.69, 9.17) is 9.47 Å². The summed E-state index contributed by atoms with van der Waals surface area (Å²) in [4.78, 5) is 2.11. The van der Waals surface area contributed by atoms with Gasteiger partial charge in [-0.2, -0.15) is 0 Å². The van der Waals surface area contributed by atoms with E-state index >= 15 is 0 Å². The smallest absolute Gasteiger partial charge is 0.168 e. The van der Waals surface area contributed by atoms with Gasteiger partial charge in [0.05, 0.1) is 13.2 Å². The van der Waals surface area contributed by atoms with Crippen LogP contribution in [0.1, 0.15) is 25.7 Å². The lowest BCUT2D eigenvalue weighted by Gasteiger charge is -2.38. The van der Waals surface area contributed by atoms with E-state index in [1.54, 1.807) is 0 Å². The summed E-state index contributed by atoms with van der Waals surface area (Å²) in [5, 5.41) is 0. The predicted octanol–water partition coefficient (Wildman–Crippen LogP) is 1.57. The van der Waals surface area contributed by atoms with Crippen LogP contribution in [0.2, 0.25) is 0 Å². The molecule has 1 heterocycles. The Morgan fingerprint density at radius 3 is 2.40 bits per heavy atom. The molecule has 3 nitrogen and oxygen atoms in total. The highest BCUT2D eigenvalue weighted by atomic mass is 19.1. The van der Waals surface area contributed by atoms with Gasteiger partial charge in [0.25, 0.3) is 0 Å². The highest BCUT2D eigenvalue weighted by Crippen LogP contribution is 2.36. The lowest BCUT2D eigenvalue weighted by atomic mass is 9.89. The van der Waals surface area contributed by atoms with Gasteiger partial charge >= 0.3 is 0 Å². The van der Waals surface area contributed by atoms with E-state index in [0.717, 1.165) is 38.9 Å². The summed E-state index contributed by atoms with van der Waals surface area (Å²) in [6.45, 7) is 1.74. The van der Waals surface area contributed by atoms with Crippen molar-refractivity contribution in [1.82, 2.24) is 4.90 Å². The summed E-state index contributed by atoms with van der Waals surface area (Å²) in [6, 6.07) is 0.499. The third kappa shape index (κ3) is 2.49. The number of halogens is 1. The summed E-state index contributed by atoms with van der Waals surface area (Å²) in [7, 11) is 2.00. The Morgan fingerprint density at radius 2 is 1.87 bits per heavy atom. The Bertz CT molecular complexity index is 197. The van der Waals surface area contributed by atoms with E-state index in [0.29, 0.717) is 12.6 Å². The van der Waals surface area contributed by atoms with E-state index < -0.39 is 0 Å². The van der Waals surface area contributed by atoms with Crippen molar-refractivity contribution in [1.29, 1.82) is 0 Å². The van der Waals surface area contributed by atoms with Gasteiger partial charge in [-0.1, -0.05) is 0 Å². The van der Waals surface area contributed by atoms with Gasteiger partial charge in [-0.3, -0.25) is 0 Å². The highest BCUT2D eigenvalue weighted by molar-refractivity contribution is 4.85. The molecule has 0 unspecified atom stereocenters. The van der Waals surface area contributed by atoms with E-state index in [-0.39, 0.29) is 12.5 Å². The van der Waals surface area contributed by atoms with Crippen molar-refractivity contribution in [2.75, 3.05) is 33.5 Å². The van der Waals surface area contributed by atoms with Crippen LogP contribution in [0, 0.1) is 0 Å². The monoisotopic (exact) mass is 217 g/mol. The van der Waals surface area contributed by atoms with E-state index in [1.165, 1.54) is 0 Å². The zero-order valence-corrected chi connectivity index (χ0v) is 9.38. The fourth-order valence-electron chi connectivity index (χ4n) is 2.58. The SMILES string of the molecule is CN(CCF)C1CCC2(CC1)OCCO2. The minimum absolute atomic E-state index is 0.259. The molecule has 0 aromatic rings. The Labute approximate surface area is 90.5 Å². The van der Waals surface area contributed by atoms with Crippen LogP contribution in [-0.2, 0) is 9.47 Å². The molecule has 0 atom stereocenters. The molecular formula is C11H20FNO2. The van der Waals surface area contributed by atoms with E-state index in [9.17, 15) is 4.39 Å². The maximum absolute atomic E-state index is 12.2. The lowest BCUT2D eigenvalue weighted by Crippen LogP contribution is -2.43. The zero-order valence-electron chi connectivity index (χ0n) is 9.38. The van der Waals surface area contributed by atoms with Gasteiger partial charge in [0.15, 0.2) is 5.79 Å². The van der Waals surface area contributed by atoms with Gasteiger partial charge in [-0.25, -0.2) is 4.39 Å². The Kier molecular flexibility index (Phi) is 3.59. The van der Waals surface area contributed by atoms with Gasteiger partial charge in [-0.15, -0.1) is 0 Å². The first kappa shape index (κ1) is 11.3. The molecule has 1 aliphatic heterocycles. The Morgan fingerprint density at radius 1 is 1.27 bits per heavy atom. The Hall–Kier alpha value is -0.190. The third-order valence-corrected chi connectivity index (χ3v) is 3.59. The number of ether oxygens (including phenoxy) is 2. The van der Waals surface area contributed by atoms with Crippen LogP contribution in [-0.4, -0.2) is 50.2 Å². The zero-order chi connectivity index (χ0) is 10.7. The van der Waals surface area contributed by atoms with Crippen molar-refractivity contribution in [2.45, 2.75) is 37.5 Å². The number of nitrogens with zero attached hydrogens (tertiary/aromatic N) is 1. The molecule has 0 N–H and O–H groups in total. The average molecular weight is 217 g/mol. The van der Waals surface area contributed by atoms with Gasteiger partial charge in [0, 0.05) is 25.4 Å². The summed E-state index contributed by atoms with van der Waals surface area (Å²) >= 11 is 0. The molecule has 15 heavy (non-hydrogen) atoms. The molecule has 1 saturated carbocycles. The summed E-state index contributed by atoms with van der Waals surface area (Å²) < 4.78 is 23.5. The number of alkyl halides is 1. The topological polar surface area (TPSA) is 21.7 Å². The van der Waals surface area contributed by atoms with Gasteiger partial charge in [-0.05, 0) is 19.9 Å². The minimum atomic E-state index is -0.285. The fraction of sp³-hybridized carbons (Fsp3) is 1.00. The molecule has 2 rings (SSSR count). The second-order valence-corrected chi connectivity index (χ2v) is 4.51. The van der Waals surface area contributed by atoms with Crippen LogP contribution >= 0.6 is 0 Å². The van der Waals surface area contributed by atoms with Crippen LogP contribution in [0.5, 0.6) is 0 Å². The van der Waals surface area contributed by atoms with Crippen molar-refractivity contribution in [3.05, 3.63) is 0 Å². The molecule has 88 valence electrons. The summed E-state index contributed by atoms with van der Waals surface area (Å²) in [5.41, 5.74) is 0. The van der Waals surface area contributed by atoms with Gasteiger partial charge < -0.3 is 14.4 Å². The van der Waals surface area contributed by atoms with Crippen molar-refractivity contribution >= 4 is 0 Å². The van der Waals surface area contributed by atoms with Crippen molar-refractivity contribution in [3.8, 4) is 0 Å². The Balaban J connectivity index is 1.81. The van der Waals surface area contributed by atoms with Gasteiger partial charge in [0.2, 0.25) is 0 Å². The van der Waals surface area contributed by atoms with Crippen LogP contribution in [0.4, 0.5) is 4.39 Å². The van der Waals surface area contributed by atoms with E-state index in [1.807, 2.05) is 7.05 Å². The second-order valence-electron chi connectivity index (χ2n) is 4.51. The molecule has 4 heteroatoms. The van der Waals surface area contributed by atoms with Crippen molar-refractivity contribution in [3.63, 3.8) is 0 Å². The molecule has 2 fully saturated rings. The number of hydrogen-bond donors (Lipinski definition) is 0. The van der Waals surface area contributed by atoms with Crippen LogP contribution in [0.25, 0.3) is 0 Å². The largest absolute Gasteiger partial charge is 0.348 e. The first-order chi connectivity index (χ1) is 7.26. The molecular weight excluding hydrogens is 197 g/mol. The summed E-state index contributed by atoms with van der Waals surface area (Å²) in [5.74, 6) is -0.285. The van der Waals surface area contributed by atoms with E-state index in [2.05, 4.69) is 4.90 Å². The molecule has 0 amide bonds. The molecule has 0 aromatic heterocycles. The first-order valence-corrected chi connectivity index (χ1v) is 5.80. The molecule has 0 bridgehead atoms. The van der Waals surface area contributed by atoms with Crippen LogP contribution in [0.15, 0.2) is 0 Å². The first-order valence-electron chi connectivity index (χ1n) is 5.80. The number of hydrogen-bond acceptors (Lipinski definition) is 3. The molecule has 1 saturated heterocycles. The standard InChI is InChI=1S/C11H20FNO2/c1-13(7-6-12)10-2-4-11(5-3-10)14-8-9-15-11/h10H,2-9H2,1H3. The highest BCUT2D eigenvalue weighted by Gasteiger charge is 2.40.